The molecule has 0 N–H and O–H groups in total. The zero-order valence-electron chi connectivity index (χ0n) is 20.6. The van der Waals surface area contributed by atoms with Gasteiger partial charge >= 0.3 is 5.97 Å². The largest absolute Gasteiger partial charge is 0.465 e. The smallest absolute Gasteiger partial charge is 0.339 e. The minimum Gasteiger partial charge on any atom is -0.465 e. The zero-order valence-corrected chi connectivity index (χ0v) is 20.6. The summed E-state index contributed by atoms with van der Waals surface area (Å²) in [5, 5.41) is 1.17. The summed E-state index contributed by atoms with van der Waals surface area (Å²) >= 11 is 0. The van der Waals surface area contributed by atoms with Gasteiger partial charge in [-0.1, -0.05) is 48.5 Å². The van der Waals surface area contributed by atoms with Crippen molar-refractivity contribution in [1.82, 2.24) is 9.55 Å². The van der Waals surface area contributed by atoms with Crippen molar-refractivity contribution in [3.8, 4) is 22.3 Å². The maximum atomic E-state index is 12.6. The van der Waals surface area contributed by atoms with Crippen LogP contribution in [0.5, 0.6) is 0 Å². The van der Waals surface area contributed by atoms with Gasteiger partial charge in [0.25, 0.3) is 0 Å². The monoisotopic (exact) mass is 472 g/mol. The lowest BCUT2D eigenvalue weighted by atomic mass is 9.94. The van der Waals surface area contributed by atoms with Gasteiger partial charge in [-0.25, -0.2) is 4.79 Å². The number of methoxy groups -OCH3 is 1. The second kappa shape index (κ2) is 9.12. The Balaban J connectivity index is 1.44. The normalized spacial score (nSPS) is 13.2. The molecule has 0 radical (unpaired) electrons. The summed E-state index contributed by atoms with van der Waals surface area (Å²) in [5.74, 6) is 0.204. The van der Waals surface area contributed by atoms with Crippen molar-refractivity contribution in [2.24, 2.45) is 7.05 Å². The molecule has 2 aromatic heterocycles. The van der Waals surface area contributed by atoms with Gasteiger partial charge in [0.2, 0.25) is 0 Å². The van der Waals surface area contributed by atoms with Gasteiger partial charge < -0.3 is 9.30 Å². The van der Waals surface area contributed by atoms with Gasteiger partial charge in [0.05, 0.1) is 23.9 Å². The fourth-order valence-corrected chi connectivity index (χ4v) is 5.10. The second-order valence-electron chi connectivity index (χ2n) is 9.66. The number of pyridine rings is 1. The third-order valence-corrected chi connectivity index (χ3v) is 7.13. The van der Waals surface area contributed by atoms with Gasteiger partial charge in [-0.15, -0.1) is 0 Å². The van der Waals surface area contributed by atoms with Crippen molar-refractivity contribution in [1.29, 1.82) is 0 Å². The first-order valence-electron chi connectivity index (χ1n) is 12.4. The number of fused-ring (bicyclic) bond motifs is 1. The van der Waals surface area contributed by atoms with E-state index in [4.69, 9.17) is 9.72 Å². The lowest BCUT2D eigenvalue weighted by Crippen LogP contribution is -2.09. The first-order valence-corrected chi connectivity index (χ1v) is 12.4. The maximum Gasteiger partial charge on any atom is 0.339 e. The molecule has 0 amide bonds. The number of carbonyl (C=O) groups excluding carboxylic acids is 1. The molecular weight excluding hydrogens is 444 g/mol. The van der Waals surface area contributed by atoms with Crippen LogP contribution in [0.15, 0.2) is 91.3 Å². The summed E-state index contributed by atoms with van der Waals surface area (Å²) < 4.78 is 7.28. The van der Waals surface area contributed by atoms with Crippen molar-refractivity contribution in [2.75, 3.05) is 7.11 Å². The number of esters is 1. The number of nitrogens with zero attached hydrogens (tertiary/aromatic N) is 2. The Kier molecular flexibility index (Phi) is 5.65. The van der Waals surface area contributed by atoms with E-state index in [1.807, 2.05) is 18.3 Å². The van der Waals surface area contributed by atoms with E-state index < -0.39 is 0 Å². The van der Waals surface area contributed by atoms with E-state index >= 15 is 0 Å². The number of hydrogen-bond donors (Lipinski definition) is 0. The molecule has 3 aromatic carbocycles. The average molecular weight is 473 g/mol. The van der Waals surface area contributed by atoms with Gasteiger partial charge in [0.15, 0.2) is 0 Å². The number of aryl methyl sites for hydroxylation is 1. The van der Waals surface area contributed by atoms with Crippen molar-refractivity contribution >= 4 is 16.9 Å². The molecule has 0 aliphatic heterocycles. The molecule has 36 heavy (non-hydrogen) atoms. The van der Waals surface area contributed by atoms with Crippen LogP contribution in [0.4, 0.5) is 0 Å². The van der Waals surface area contributed by atoms with Crippen LogP contribution < -0.4 is 0 Å². The Morgan fingerprint density at radius 3 is 2.50 bits per heavy atom. The molecule has 1 fully saturated rings. The van der Waals surface area contributed by atoms with Gasteiger partial charge in [0.1, 0.15) is 0 Å². The van der Waals surface area contributed by atoms with Gasteiger partial charge in [-0.2, -0.15) is 0 Å². The summed E-state index contributed by atoms with van der Waals surface area (Å²) in [6, 6.07) is 27.7. The first-order chi connectivity index (χ1) is 17.6. The van der Waals surface area contributed by atoms with Crippen molar-refractivity contribution in [2.45, 2.75) is 25.2 Å². The second-order valence-corrected chi connectivity index (χ2v) is 9.66. The van der Waals surface area contributed by atoms with Gasteiger partial charge in [0, 0.05) is 36.8 Å². The van der Waals surface area contributed by atoms with Crippen LogP contribution in [0.25, 0.3) is 33.2 Å². The molecule has 0 unspecified atom stereocenters. The molecule has 0 bridgehead atoms. The number of hydrogen-bond acceptors (Lipinski definition) is 3. The van der Waals surface area contributed by atoms with E-state index in [1.165, 1.54) is 34.7 Å². The predicted molar refractivity (Wildman–Crippen MR) is 144 cm³/mol. The fraction of sp³-hybridized carbons (Fsp3) is 0.188. The molecule has 0 atom stereocenters. The average Bonchev–Trinajstić information content (AvgIpc) is 3.71. The number of benzene rings is 3. The molecule has 2 heterocycles. The molecule has 1 saturated carbocycles. The van der Waals surface area contributed by atoms with Crippen LogP contribution in [0.2, 0.25) is 0 Å². The summed E-state index contributed by atoms with van der Waals surface area (Å²) in [5.41, 5.74) is 9.48. The SMILES string of the molecule is COC(=O)c1cc(C2CC2)cnc1Cc1cc(-c2cccc(-c3ccccc3)c2)c2c(ccn2C)c1. The van der Waals surface area contributed by atoms with Crippen LogP contribution in [-0.4, -0.2) is 22.6 Å². The molecule has 5 aromatic rings. The quantitative estimate of drug-likeness (QED) is 0.246. The molecule has 1 aliphatic rings. The van der Waals surface area contributed by atoms with Crippen LogP contribution >= 0.6 is 0 Å². The zero-order chi connectivity index (χ0) is 24.6. The Morgan fingerprint density at radius 2 is 1.72 bits per heavy atom. The van der Waals surface area contributed by atoms with Crippen molar-refractivity contribution in [3.63, 3.8) is 0 Å². The highest BCUT2D eigenvalue weighted by Gasteiger charge is 2.26. The summed E-state index contributed by atoms with van der Waals surface area (Å²) in [4.78, 5) is 17.4. The van der Waals surface area contributed by atoms with E-state index in [9.17, 15) is 4.79 Å². The molecule has 4 heteroatoms. The highest BCUT2D eigenvalue weighted by Crippen LogP contribution is 2.40. The van der Waals surface area contributed by atoms with E-state index in [0.717, 1.165) is 35.2 Å². The lowest BCUT2D eigenvalue weighted by Gasteiger charge is -2.13. The lowest BCUT2D eigenvalue weighted by molar-refractivity contribution is 0.0599. The van der Waals surface area contributed by atoms with Crippen LogP contribution in [0.1, 0.15) is 45.9 Å². The molecule has 0 saturated heterocycles. The van der Waals surface area contributed by atoms with Crippen molar-refractivity contribution in [3.05, 3.63) is 114 Å². The van der Waals surface area contributed by atoms with Crippen LogP contribution in [0, 0.1) is 0 Å². The third-order valence-electron chi connectivity index (χ3n) is 7.13. The van der Waals surface area contributed by atoms with Gasteiger partial charge in [-0.05, 0) is 76.9 Å². The summed E-state index contributed by atoms with van der Waals surface area (Å²) in [6.45, 7) is 0. The molecule has 0 spiro atoms. The summed E-state index contributed by atoms with van der Waals surface area (Å²) in [7, 11) is 3.52. The van der Waals surface area contributed by atoms with E-state index in [2.05, 4.69) is 84.5 Å². The molecule has 178 valence electrons. The number of ether oxygens (including phenoxy) is 1. The van der Waals surface area contributed by atoms with Gasteiger partial charge in [-0.3, -0.25) is 4.98 Å². The highest BCUT2D eigenvalue weighted by molar-refractivity contribution is 5.96. The first kappa shape index (κ1) is 22.3. The Bertz CT molecular complexity index is 1580. The van der Waals surface area contributed by atoms with Crippen LogP contribution in [0.3, 0.4) is 0 Å². The number of rotatable bonds is 6. The summed E-state index contributed by atoms with van der Waals surface area (Å²) in [6.07, 6.45) is 6.92. The molecular formula is C32H28N2O2. The minimum absolute atomic E-state index is 0.323. The topological polar surface area (TPSA) is 44.1 Å². The fourth-order valence-electron chi connectivity index (χ4n) is 5.10. The Labute approximate surface area is 211 Å². The third kappa shape index (κ3) is 4.20. The Hall–Kier alpha value is -4.18. The Morgan fingerprint density at radius 1 is 0.944 bits per heavy atom. The van der Waals surface area contributed by atoms with E-state index in [1.54, 1.807) is 0 Å². The number of carbonyl (C=O) groups is 1. The molecule has 6 rings (SSSR count). The van der Waals surface area contributed by atoms with E-state index in [0.29, 0.717) is 17.9 Å². The number of aromatic nitrogens is 2. The predicted octanol–water partition coefficient (Wildman–Crippen LogP) is 7.16. The highest BCUT2D eigenvalue weighted by atomic mass is 16.5. The van der Waals surface area contributed by atoms with Crippen molar-refractivity contribution < 1.29 is 9.53 Å². The molecule has 1 aliphatic carbocycles. The maximum absolute atomic E-state index is 12.6. The standard InChI is InChI=1S/C32H28N2O2/c1-34-14-13-26-15-21(17-30-29(32(35)36-2)19-27(20-33-30)23-11-12-23)16-28(31(26)34)25-10-6-9-24(18-25)22-7-4-3-5-8-22/h3-10,13-16,18-20,23H,11-12,17H2,1-2H3. The molecule has 4 nitrogen and oxygen atoms in total. The van der Waals surface area contributed by atoms with Crippen LogP contribution in [-0.2, 0) is 18.2 Å². The van der Waals surface area contributed by atoms with E-state index in [-0.39, 0.29) is 5.97 Å². The minimum atomic E-state index is -0.323.